The van der Waals surface area contributed by atoms with E-state index in [1.54, 1.807) is 11.3 Å². The molecular formula is C18H19NO3S. The molecule has 1 heterocycles. The number of carbonyl (C=O) groups is 2. The fraction of sp³-hybridized carbons (Fsp3) is 0.333. The van der Waals surface area contributed by atoms with E-state index in [1.807, 2.05) is 35.7 Å². The Hall–Kier alpha value is -2.14. The van der Waals surface area contributed by atoms with E-state index in [9.17, 15) is 14.7 Å². The van der Waals surface area contributed by atoms with Crippen LogP contribution in [0.5, 0.6) is 0 Å². The van der Waals surface area contributed by atoms with Gasteiger partial charge in [-0.3, -0.25) is 4.79 Å². The van der Waals surface area contributed by atoms with Crippen LogP contribution in [0.15, 0.2) is 35.7 Å². The van der Waals surface area contributed by atoms with Crippen LogP contribution in [0, 0.1) is 0 Å². The van der Waals surface area contributed by atoms with Crippen molar-refractivity contribution >= 4 is 23.2 Å². The van der Waals surface area contributed by atoms with Crippen molar-refractivity contribution in [3.05, 3.63) is 57.3 Å². The zero-order valence-electron chi connectivity index (χ0n) is 12.7. The van der Waals surface area contributed by atoms with Gasteiger partial charge in [0.05, 0.1) is 5.56 Å². The van der Waals surface area contributed by atoms with Crippen LogP contribution in [0.1, 0.15) is 39.2 Å². The van der Waals surface area contributed by atoms with Crippen LogP contribution in [-0.2, 0) is 24.1 Å². The predicted molar refractivity (Wildman–Crippen MR) is 90.0 cm³/mol. The second-order valence-corrected chi connectivity index (χ2v) is 6.78. The number of thiophene rings is 1. The van der Waals surface area contributed by atoms with Crippen molar-refractivity contribution in [3.8, 4) is 0 Å². The first-order valence-corrected chi connectivity index (χ1v) is 8.70. The lowest BCUT2D eigenvalue weighted by Crippen LogP contribution is -2.42. The summed E-state index contributed by atoms with van der Waals surface area (Å²) >= 11 is 1.61. The van der Waals surface area contributed by atoms with Crippen molar-refractivity contribution in [2.75, 3.05) is 0 Å². The van der Waals surface area contributed by atoms with E-state index in [0.717, 1.165) is 30.4 Å². The van der Waals surface area contributed by atoms with E-state index < -0.39 is 12.0 Å². The summed E-state index contributed by atoms with van der Waals surface area (Å²) in [5, 5.41) is 14.0. The summed E-state index contributed by atoms with van der Waals surface area (Å²) in [6.07, 6.45) is 4.49. The first-order valence-electron chi connectivity index (χ1n) is 7.82. The van der Waals surface area contributed by atoms with Crippen molar-refractivity contribution in [3.63, 3.8) is 0 Å². The predicted octanol–water partition coefficient (Wildman–Crippen LogP) is 3.05. The minimum absolute atomic E-state index is 0.271. The zero-order valence-corrected chi connectivity index (χ0v) is 13.6. The Kier molecular flexibility index (Phi) is 4.76. The molecule has 0 aliphatic heterocycles. The summed E-state index contributed by atoms with van der Waals surface area (Å²) in [6, 6.07) is 8.44. The van der Waals surface area contributed by atoms with Gasteiger partial charge < -0.3 is 10.4 Å². The molecule has 5 heteroatoms. The molecule has 0 bridgehead atoms. The van der Waals surface area contributed by atoms with E-state index >= 15 is 0 Å². The molecule has 0 saturated heterocycles. The highest BCUT2D eigenvalue weighted by Crippen LogP contribution is 2.30. The summed E-state index contributed by atoms with van der Waals surface area (Å²) in [4.78, 5) is 25.3. The van der Waals surface area contributed by atoms with Crippen LogP contribution in [0.3, 0.4) is 0 Å². The van der Waals surface area contributed by atoms with Gasteiger partial charge in [-0.2, -0.15) is 0 Å². The molecule has 1 aliphatic rings. The van der Waals surface area contributed by atoms with Crippen LogP contribution in [0.4, 0.5) is 0 Å². The maximum absolute atomic E-state index is 12.5. The number of carboxylic acids is 1. The second kappa shape index (κ2) is 6.96. The van der Waals surface area contributed by atoms with Gasteiger partial charge in [-0.25, -0.2) is 4.79 Å². The average molecular weight is 329 g/mol. The van der Waals surface area contributed by atoms with Crippen molar-refractivity contribution in [1.29, 1.82) is 0 Å². The lowest BCUT2D eigenvalue weighted by Gasteiger charge is -2.16. The standard InChI is InChI=1S/C18H19NO3S/c20-17(14-11-23-16-9-5-4-8-13(14)16)19-15(18(21)22)10-12-6-2-1-3-7-12/h1-3,6-7,11,15H,4-5,8-10H2,(H,19,20)(H,21,22). The number of rotatable bonds is 5. The molecule has 2 aromatic rings. The molecule has 0 saturated carbocycles. The maximum atomic E-state index is 12.5. The molecule has 1 aromatic carbocycles. The number of amides is 1. The van der Waals surface area contributed by atoms with Crippen molar-refractivity contribution < 1.29 is 14.7 Å². The summed E-state index contributed by atoms with van der Waals surface area (Å²) in [7, 11) is 0. The highest BCUT2D eigenvalue weighted by molar-refractivity contribution is 7.10. The fourth-order valence-corrected chi connectivity index (χ4v) is 4.10. The van der Waals surface area contributed by atoms with Gasteiger partial charge in [-0.15, -0.1) is 11.3 Å². The van der Waals surface area contributed by atoms with Gasteiger partial charge in [0.1, 0.15) is 6.04 Å². The number of hydrogen-bond acceptors (Lipinski definition) is 3. The molecule has 1 amide bonds. The number of aliphatic carboxylic acids is 1. The lowest BCUT2D eigenvalue weighted by atomic mass is 9.95. The van der Waals surface area contributed by atoms with Gasteiger partial charge in [0.15, 0.2) is 0 Å². The molecule has 3 rings (SSSR count). The maximum Gasteiger partial charge on any atom is 0.326 e. The SMILES string of the molecule is O=C(NC(Cc1ccccc1)C(=O)O)c1csc2c1CCCC2. The Morgan fingerprint density at radius 3 is 2.65 bits per heavy atom. The highest BCUT2D eigenvalue weighted by atomic mass is 32.1. The van der Waals surface area contributed by atoms with E-state index in [1.165, 1.54) is 11.3 Å². The first-order chi connectivity index (χ1) is 11.1. The molecule has 23 heavy (non-hydrogen) atoms. The fourth-order valence-electron chi connectivity index (χ4n) is 2.97. The third-order valence-electron chi connectivity index (χ3n) is 4.19. The third-order valence-corrected chi connectivity index (χ3v) is 5.28. The topological polar surface area (TPSA) is 66.4 Å². The third kappa shape index (κ3) is 3.62. The van der Waals surface area contributed by atoms with Gasteiger partial charge >= 0.3 is 5.97 Å². The lowest BCUT2D eigenvalue weighted by molar-refractivity contribution is -0.139. The molecule has 1 unspecified atom stereocenters. The van der Waals surface area contributed by atoms with E-state index in [0.29, 0.717) is 5.56 Å². The van der Waals surface area contributed by atoms with Crippen molar-refractivity contribution in [2.24, 2.45) is 0 Å². The zero-order chi connectivity index (χ0) is 16.2. The number of carbonyl (C=O) groups excluding carboxylic acids is 1. The number of aryl methyl sites for hydroxylation is 1. The smallest absolute Gasteiger partial charge is 0.326 e. The highest BCUT2D eigenvalue weighted by Gasteiger charge is 2.25. The van der Waals surface area contributed by atoms with E-state index in [-0.39, 0.29) is 12.3 Å². The average Bonchev–Trinajstić information content (AvgIpc) is 2.99. The molecule has 0 fully saturated rings. The van der Waals surface area contributed by atoms with Gasteiger partial charge in [0, 0.05) is 16.7 Å². The largest absolute Gasteiger partial charge is 0.480 e. The molecular weight excluding hydrogens is 310 g/mol. The first kappa shape index (κ1) is 15.7. The quantitative estimate of drug-likeness (QED) is 0.886. The Balaban J connectivity index is 1.74. The number of nitrogens with one attached hydrogen (secondary N) is 1. The molecule has 1 atom stereocenters. The summed E-state index contributed by atoms with van der Waals surface area (Å²) < 4.78 is 0. The van der Waals surface area contributed by atoms with E-state index in [4.69, 9.17) is 0 Å². The van der Waals surface area contributed by atoms with Gasteiger partial charge in [0.2, 0.25) is 0 Å². The monoisotopic (exact) mass is 329 g/mol. The Morgan fingerprint density at radius 2 is 1.91 bits per heavy atom. The molecule has 1 aromatic heterocycles. The van der Waals surface area contributed by atoms with Crippen LogP contribution in [0.25, 0.3) is 0 Å². The van der Waals surface area contributed by atoms with Crippen molar-refractivity contribution in [1.82, 2.24) is 5.32 Å². The molecule has 0 radical (unpaired) electrons. The summed E-state index contributed by atoms with van der Waals surface area (Å²) in [5.41, 5.74) is 2.67. The number of carboxylic acid groups (broad SMARTS) is 1. The molecule has 4 nitrogen and oxygen atoms in total. The Bertz CT molecular complexity index is 708. The summed E-state index contributed by atoms with van der Waals surface area (Å²) in [6.45, 7) is 0. The molecule has 0 spiro atoms. The van der Waals surface area contributed by atoms with Crippen molar-refractivity contribution in [2.45, 2.75) is 38.1 Å². The molecule has 120 valence electrons. The molecule has 2 N–H and O–H groups in total. The molecule has 1 aliphatic carbocycles. The van der Waals surface area contributed by atoms with Gasteiger partial charge in [-0.1, -0.05) is 30.3 Å². The summed E-state index contributed by atoms with van der Waals surface area (Å²) in [5.74, 6) is -1.28. The van der Waals surface area contributed by atoms with Crippen LogP contribution in [0.2, 0.25) is 0 Å². The van der Waals surface area contributed by atoms with Gasteiger partial charge in [-0.05, 0) is 36.8 Å². The van der Waals surface area contributed by atoms with Crippen LogP contribution in [-0.4, -0.2) is 23.0 Å². The van der Waals surface area contributed by atoms with Crippen LogP contribution >= 0.6 is 11.3 Å². The normalized spacial score (nSPS) is 14.8. The minimum Gasteiger partial charge on any atom is -0.480 e. The minimum atomic E-state index is -1.01. The number of benzene rings is 1. The second-order valence-electron chi connectivity index (χ2n) is 5.81. The Labute approximate surface area is 139 Å². The van der Waals surface area contributed by atoms with Gasteiger partial charge in [0.25, 0.3) is 5.91 Å². The Morgan fingerprint density at radius 1 is 1.17 bits per heavy atom. The number of fused-ring (bicyclic) bond motifs is 1. The number of hydrogen-bond donors (Lipinski definition) is 2. The van der Waals surface area contributed by atoms with E-state index in [2.05, 4.69) is 5.32 Å². The van der Waals surface area contributed by atoms with Crippen LogP contribution < -0.4 is 5.32 Å².